The molecule has 1 saturated carbocycles. The fourth-order valence-electron chi connectivity index (χ4n) is 2.10. The molecule has 2 atom stereocenters. The van der Waals surface area contributed by atoms with Crippen LogP contribution < -0.4 is 0 Å². The van der Waals surface area contributed by atoms with Crippen LogP contribution in [0.2, 0.25) is 0 Å². The number of carbonyl (C=O) groups excluding carboxylic acids is 1. The lowest BCUT2D eigenvalue weighted by atomic mass is 10.1. The van der Waals surface area contributed by atoms with E-state index in [-0.39, 0.29) is 17.2 Å². The highest BCUT2D eigenvalue weighted by Crippen LogP contribution is 2.59. The highest BCUT2D eigenvalue weighted by Gasteiger charge is 2.60. The minimum Gasteiger partial charge on any atom is -0.349 e. The summed E-state index contributed by atoms with van der Waals surface area (Å²) < 4.78 is 0. The summed E-state index contributed by atoms with van der Waals surface area (Å²) in [7, 11) is 3.66. The number of carbonyl (C=O) groups is 1. The maximum Gasteiger partial charge on any atom is 0.226 e. The van der Waals surface area contributed by atoms with Crippen molar-refractivity contribution < 1.29 is 4.79 Å². The second kappa shape index (κ2) is 3.41. The summed E-state index contributed by atoms with van der Waals surface area (Å²) in [5.74, 6) is 0.882. The monoisotopic (exact) mass is 195 g/mol. The number of amides is 1. The average molecular weight is 195 g/mol. The van der Waals surface area contributed by atoms with Crippen LogP contribution in [0.1, 0.15) is 27.7 Å². The lowest BCUT2D eigenvalue weighted by Crippen LogP contribution is -2.25. The van der Waals surface area contributed by atoms with Gasteiger partial charge in [0.1, 0.15) is 0 Å². The molecule has 1 aliphatic rings. The van der Waals surface area contributed by atoms with Gasteiger partial charge in [0.05, 0.1) is 5.92 Å². The van der Waals surface area contributed by atoms with E-state index < -0.39 is 0 Å². The number of rotatable bonds is 2. The van der Waals surface area contributed by atoms with Crippen molar-refractivity contribution in [3.05, 3.63) is 11.6 Å². The molecule has 1 amide bonds. The van der Waals surface area contributed by atoms with Crippen molar-refractivity contribution >= 4 is 5.91 Å². The lowest BCUT2D eigenvalue weighted by molar-refractivity contribution is -0.130. The Balaban J connectivity index is 2.76. The molecule has 0 aliphatic heterocycles. The third-order valence-corrected chi connectivity index (χ3v) is 3.13. The molecule has 0 heterocycles. The van der Waals surface area contributed by atoms with E-state index in [4.69, 9.17) is 0 Å². The summed E-state index contributed by atoms with van der Waals surface area (Å²) in [5, 5.41) is 0. The van der Waals surface area contributed by atoms with Crippen molar-refractivity contribution in [1.82, 2.24) is 4.90 Å². The van der Waals surface area contributed by atoms with Crippen molar-refractivity contribution in [2.24, 2.45) is 17.3 Å². The van der Waals surface area contributed by atoms with Gasteiger partial charge in [-0.25, -0.2) is 0 Å². The van der Waals surface area contributed by atoms with Crippen LogP contribution >= 0.6 is 0 Å². The predicted molar refractivity (Wildman–Crippen MR) is 58.9 cm³/mol. The summed E-state index contributed by atoms with van der Waals surface area (Å²) in [6.07, 6.45) is 2.23. The average Bonchev–Trinajstić information content (AvgIpc) is 2.50. The third-order valence-electron chi connectivity index (χ3n) is 3.13. The minimum atomic E-state index is 0.151. The highest BCUT2D eigenvalue weighted by atomic mass is 16.2. The fraction of sp³-hybridized carbons (Fsp3) is 0.750. The summed E-state index contributed by atoms with van der Waals surface area (Å²) >= 11 is 0. The van der Waals surface area contributed by atoms with E-state index in [2.05, 4.69) is 33.8 Å². The topological polar surface area (TPSA) is 20.3 Å². The first-order chi connectivity index (χ1) is 6.28. The van der Waals surface area contributed by atoms with Crippen LogP contribution in [0.25, 0.3) is 0 Å². The molecule has 2 nitrogen and oxygen atoms in total. The van der Waals surface area contributed by atoms with Crippen molar-refractivity contribution in [1.29, 1.82) is 0 Å². The van der Waals surface area contributed by atoms with Crippen molar-refractivity contribution in [3.8, 4) is 0 Å². The van der Waals surface area contributed by atoms with Gasteiger partial charge < -0.3 is 4.90 Å². The molecule has 0 aromatic rings. The fourth-order valence-corrected chi connectivity index (χ4v) is 2.10. The zero-order valence-electron chi connectivity index (χ0n) is 10.1. The van der Waals surface area contributed by atoms with Crippen LogP contribution in [0.3, 0.4) is 0 Å². The Kier molecular flexibility index (Phi) is 2.75. The third kappa shape index (κ3) is 1.84. The van der Waals surface area contributed by atoms with Crippen LogP contribution in [-0.4, -0.2) is 24.9 Å². The molecule has 0 saturated heterocycles. The smallest absolute Gasteiger partial charge is 0.226 e. The molecule has 1 fully saturated rings. The molecule has 0 bridgehead atoms. The second-order valence-electron chi connectivity index (χ2n) is 5.30. The molecule has 0 radical (unpaired) electrons. The van der Waals surface area contributed by atoms with Crippen molar-refractivity contribution in [2.45, 2.75) is 27.7 Å². The molecule has 0 unspecified atom stereocenters. The van der Waals surface area contributed by atoms with E-state index in [1.165, 1.54) is 5.57 Å². The molecule has 0 aromatic heterocycles. The number of hydrogen-bond acceptors (Lipinski definition) is 1. The van der Waals surface area contributed by atoms with Crippen molar-refractivity contribution in [3.63, 3.8) is 0 Å². The minimum absolute atomic E-state index is 0.151. The van der Waals surface area contributed by atoms with Gasteiger partial charge in [0, 0.05) is 14.1 Å². The first-order valence-corrected chi connectivity index (χ1v) is 5.14. The number of hydrogen-bond donors (Lipinski definition) is 0. The lowest BCUT2D eigenvalue weighted by Gasteiger charge is -2.10. The van der Waals surface area contributed by atoms with Gasteiger partial charge in [0.15, 0.2) is 0 Å². The molecule has 0 N–H and O–H groups in total. The van der Waals surface area contributed by atoms with E-state index >= 15 is 0 Å². The van der Waals surface area contributed by atoms with Crippen LogP contribution in [0, 0.1) is 17.3 Å². The van der Waals surface area contributed by atoms with Crippen LogP contribution in [-0.2, 0) is 4.79 Å². The SMILES string of the molecule is CC(C)=C[C@@H]1[C@H](C(=O)N(C)C)C1(C)C. The van der Waals surface area contributed by atoms with Gasteiger partial charge in [-0.1, -0.05) is 25.5 Å². The zero-order chi connectivity index (χ0) is 11.1. The zero-order valence-corrected chi connectivity index (χ0v) is 10.1. The predicted octanol–water partition coefficient (Wildman–Crippen LogP) is 2.31. The van der Waals surface area contributed by atoms with E-state index in [9.17, 15) is 4.79 Å². The molecule has 2 heteroatoms. The number of nitrogens with zero attached hydrogens (tertiary/aromatic N) is 1. The summed E-state index contributed by atoms with van der Waals surface area (Å²) in [6, 6.07) is 0. The quantitative estimate of drug-likeness (QED) is 0.619. The summed E-state index contributed by atoms with van der Waals surface area (Å²) in [5.41, 5.74) is 1.45. The maximum absolute atomic E-state index is 11.8. The molecule has 14 heavy (non-hydrogen) atoms. The van der Waals surface area contributed by atoms with Crippen LogP contribution in [0.15, 0.2) is 11.6 Å². The molecular weight excluding hydrogens is 174 g/mol. The number of allylic oxidation sites excluding steroid dienone is 2. The first kappa shape index (κ1) is 11.3. The maximum atomic E-state index is 11.8. The molecule has 1 aliphatic carbocycles. The molecule has 0 aromatic carbocycles. The van der Waals surface area contributed by atoms with E-state index in [0.29, 0.717) is 5.92 Å². The van der Waals surface area contributed by atoms with Gasteiger partial charge in [-0.3, -0.25) is 4.79 Å². The van der Waals surface area contributed by atoms with E-state index in [0.717, 1.165) is 0 Å². The largest absolute Gasteiger partial charge is 0.349 e. The normalized spacial score (nSPS) is 28.1. The van der Waals surface area contributed by atoms with Crippen molar-refractivity contribution in [2.75, 3.05) is 14.1 Å². The van der Waals surface area contributed by atoms with Gasteiger partial charge in [0.2, 0.25) is 5.91 Å². The van der Waals surface area contributed by atoms with Gasteiger partial charge >= 0.3 is 0 Å². The van der Waals surface area contributed by atoms with Gasteiger partial charge in [-0.05, 0) is 25.2 Å². The first-order valence-electron chi connectivity index (χ1n) is 5.14. The molecule has 1 rings (SSSR count). The standard InChI is InChI=1S/C12H21NO/c1-8(2)7-9-10(12(9,3)4)11(14)13(5)6/h7,9-10H,1-6H3/t9-,10-/m1/s1. The van der Waals surface area contributed by atoms with Crippen LogP contribution in [0.4, 0.5) is 0 Å². The summed E-state index contributed by atoms with van der Waals surface area (Å²) in [4.78, 5) is 13.5. The van der Waals surface area contributed by atoms with E-state index in [1.54, 1.807) is 4.90 Å². The van der Waals surface area contributed by atoms with Gasteiger partial charge in [-0.15, -0.1) is 0 Å². The Hall–Kier alpha value is -0.790. The summed E-state index contributed by atoms with van der Waals surface area (Å²) in [6.45, 7) is 8.52. The van der Waals surface area contributed by atoms with Gasteiger partial charge in [0.25, 0.3) is 0 Å². The molecule has 0 spiro atoms. The Morgan fingerprint density at radius 2 is 1.79 bits per heavy atom. The highest BCUT2D eigenvalue weighted by molar-refractivity contribution is 5.83. The molecule has 80 valence electrons. The van der Waals surface area contributed by atoms with Crippen LogP contribution in [0.5, 0.6) is 0 Å². The van der Waals surface area contributed by atoms with E-state index in [1.807, 2.05) is 14.1 Å². The second-order valence-corrected chi connectivity index (χ2v) is 5.30. The Labute approximate surface area is 87.0 Å². The Morgan fingerprint density at radius 1 is 1.29 bits per heavy atom. The molecular formula is C12H21NO. The Morgan fingerprint density at radius 3 is 2.14 bits per heavy atom. The van der Waals surface area contributed by atoms with Gasteiger partial charge in [-0.2, -0.15) is 0 Å². The Bertz CT molecular complexity index is 272.